The zero-order chi connectivity index (χ0) is 19.9. The third kappa shape index (κ3) is 4.94. The number of carbonyl (C=O) groups is 2. The van der Waals surface area contributed by atoms with Crippen molar-refractivity contribution in [2.75, 3.05) is 19.0 Å². The van der Waals surface area contributed by atoms with E-state index in [-0.39, 0.29) is 5.75 Å². The van der Waals surface area contributed by atoms with E-state index >= 15 is 0 Å². The van der Waals surface area contributed by atoms with Crippen molar-refractivity contribution < 1.29 is 23.5 Å². The van der Waals surface area contributed by atoms with Crippen molar-refractivity contribution in [1.29, 1.82) is 0 Å². The summed E-state index contributed by atoms with van der Waals surface area (Å²) in [6, 6.07) is 17.6. The van der Waals surface area contributed by atoms with Gasteiger partial charge in [-0.2, -0.15) is 0 Å². The van der Waals surface area contributed by atoms with E-state index in [1.165, 1.54) is 25.3 Å². The van der Waals surface area contributed by atoms with Crippen molar-refractivity contribution in [3.05, 3.63) is 78.1 Å². The Labute approximate surface area is 161 Å². The van der Waals surface area contributed by atoms with Gasteiger partial charge in [-0.3, -0.25) is 4.79 Å². The van der Waals surface area contributed by atoms with Crippen molar-refractivity contribution in [2.24, 2.45) is 0 Å². The van der Waals surface area contributed by atoms with Gasteiger partial charge in [-0.1, -0.05) is 36.4 Å². The van der Waals surface area contributed by atoms with Gasteiger partial charge in [0.05, 0.1) is 7.11 Å². The first-order valence-electron chi connectivity index (χ1n) is 8.52. The molecule has 0 spiro atoms. The largest absolute Gasteiger partial charge is 0.494 e. The SMILES string of the molecule is COc1ccc(/C=C/C(=O)OCC(=O)Nc2ccc3ccccc3c2)cc1F. The zero-order valence-electron chi connectivity index (χ0n) is 15.1. The van der Waals surface area contributed by atoms with Crippen LogP contribution < -0.4 is 10.1 Å². The van der Waals surface area contributed by atoms with Crippen molar-refractivity contribution in [3.8, 4) is 5.75 Å². The van der Waals surface area contributed by atoms with Crippen LogP contribution in [0.4, 0.5) is 10.1 Å². The third-order valence-electron chi connectivity index (χ3n) is 3.97. The van der Waals surface area contributed by atoms with E-state index < -0.39 is 24.3 Å². The number of methoxy groups -OCH3 is 1. The van der Waals surface area contributed by atoms with Gasteiger partial charge in [0, 0.05) is 11.8 Å². The summed E-state index contributed by atoms with van der Waals surface area (Å²) in [6.07, 6.45) is 2.52. The molecule has 1 N–H and O–H groups in total. The van der Waals surface area contributed by atoms with E-state index in [0.717, 1.165) is 16.8 Å². The molecule has 0 atom stereocenters. The molecule has 142 valence electrons. The van der Waals surface area contributed by atoms with Gasteiger partial charge in [0.2, 0.25) is 0 Å². The van der Waals surface area contributed by atoms with Crippen LogP contribution in [0.15, 0.2) is 66.7 Å². The number of esters is 1. The summed E-state index contributed by atoms with van der Waals surface area (Å²) < 4.78 is 23.3. The van der Waals surface area contributed by atoms with Crippen LogP contribution in [0.1, 0.15) is 5.56 Å². The summed E-state index contributed by atoms with van der Waals surface area (Å²) >= 11 is 0. The van der Waals surface area contributed by atoms with Gasteiger partial charge in [-0.15, -0.1) is 0 Å². The molecule has 28 heavy (non-hydrogen) atoms. The van der Waals surface area contributed by atoms with E-state index in [1.807, 2.05) is 36.4 Å². The van der Waals surface area contributed by atoms with Crippen LogP contribution in [-0.2, 0) is 14.3 Å². The predicted molar refractivity (Wildman–Crippen MR) is 106 cm³/mol. The average molecular weight is 379 g/mol. The minimum absolute atomic E-state index is 0.116. The first-order chi connectivity index (χ1) is 13.5. The number of anilines is 1. The highest BCUT2D eigenvalue weighted by molar-refractivity contribution is 5.96. The monoisotopic (exact) mass is 379 g/mol. The van der Waals surface area contributed by atoms with Gasteiger partial charge in [0.1, 0.15) is 0 Å². The molecule has 0 aliphatic rings. The number of amides is 1. The molecule has 0 saturated carbocycles. The first kappa shape index (κ1) is 19.1. The Morgan fingerprint density at radius 1 is 1.04 bits per heavy atom. The molecule has 6 heteroatoms. The van der Waals surface area contributed by atoms with Crippen molar-refractivity contribution >= 4 is 34.4 Å². The molecule has 0 aliphatic carbocycles. The van der Waals surface area contributed by atoms with Gasteiger partial charge < -0.3 is 14.8 Å². The highest BCUT2D eigenvalue weighted by Crippen LogP contribution is 2.19. The molecule has 0 unspecified atom stereocenters. The Morgan fingerprint density at radius 2 is 1.82 bits per heavy atom. The molecule has 1 amide bonds. The number of hydrogen-bond donors (Lipinski definition) is 1. The number of nitrogens with one attached hydrogen (secondary N) is 1. The van der Waals surface area contributed by atoms with Gasteiger partial charge in [-0.05, 0) is 46.7 Å². The van der Waals surface area contributed by atoms with E-state index in [1.54, 1.807) is 12.1 Å². The summed E-state index contributed by atoms with van der Waals surface area (Å²) in [4.78, 5) is 23.7. The van der Waals surface area contributed by atoms with Gasteiger partial charge >= 0.3 is 5.97 Å². The Hall–Kier alpha value is -3.67. The lowest BCUT2D eigenvalue weighted by atomic mass is 10.1. The summed E-state index contributed by atoms with van der Waals surface area (Å²) in [7, 11) is 1.37. The topological polar surface area (TPSA) is 64.6 Å². The smallest absolute Gasteiger partial charge is 0.331 e. The lowest BCUT2D eigenvalue weighted by molar-refractivity contribution is -0.142. The van der Waals surface area contributed by atoms with Crippen LogP contribution in [0.5, 0.6) is 5.75 Å². The minimum Gasteiger partial charge on any atom is -0.494 e. The number of hydrogen-bond acceptors (Lipinski definition) is 4. The van der Waals surface area contributed by atoms with Crippen molar-refractivity contribution in [2.45, 2.75) is 0 Å². The zero-order valence-corrected chi connectivity index (χ0v) is 15.1. The number of halogens is 1. The Morgan fingerprint density at radius 3 is 2.57 bits per heavy atom. The van der Waals surface area contributed by atoms with Gasteiger partial charge in [-0.25, -0.2) is 9.18 Å². The van der Waals surface area contributed by atoms with Crippen LogP contribution in [0.3, 0.4) is 0 Å². The maximum Gasteiger partial charge on any atom is 0.331 e. The summed E-state index contributed by atoms with van der Waals surface area (Å²) in [6.45, 7) is -0.424. The molecule has 0 saturated heterocycles. The van der Waals surface area contributed by atoms with Crippen LogP contribution in [0.2, 0.25) is 0 Å². The lowest BCUT2D eigenvalue weighted by Crippen LogP contribution is -2.20. The first-order valence-corrected chi connectivity index (χ1v) is 8.52. The normalized spacial score (nSPS) is 10.8. The lowest BCUT2D eigenvalue weighted by Gasteiger charge is -2.07. The summed E-state index contributed by atoms with van der Waals surface area (Å²) in [5, 5.41) is 4.73. The fraction of sp³-hybridized carbons (Fsp3) is 0.0909. The molecule has 5 nitrogen and oxygen atoms in total. The summed E-state index contributed by atoms with van der Waals surface area (Å²) in [5.41, 5.74) is 1.08. The van der Waals surface area contributed by atoms with Crippen LogP contribution in [0, 0.1) is 5.82 Å². The minimum atomic E-state index is -0.704. The molecule has 0 radical (unpaired) electrons. The molecule has 3 aromatic carbocycles. The fourth-order valence-electron chi connectivity index (χ4n) is 2.60. The average Bonchev–Trinajstić information content (AvgIpc) is 2.70. The molecule has 0 heterocycles. The van der Waals surface area contributed by atoms with E-state index in [2.05, 4.69) is 5.32 Å². The van der Waals surface area contributed by atoms with E-state index in [9.17, 15) is 14.0 Å². The second kappa shape index (κ2) is 8.81. The van der Waals surface area contributed by atoms with E-state index in [0.29, 0.717) is 11.3 Å². The fourth-order valence-corrected chi connectivity index (χ4v) is 2.60. The molecular formula is C22H18FNO4. The Kier molecular flexibility index (Phi) is 6.01. The Balaban J connectivity index is 1.52. The number of benzene rings is 3. The highest BCUT2D eigenvalue weighted by Gasteiger charge is 2.07. The van der Waals surface area contributed by atoms with Crippen molar-refractivity contribution in [1.82, 2.24) is 0 Å². The molecular weight excluding hydrogens is 361 g/mol. The van der Waals surface area contributed by atoms with E-state index in [4.69, 9.17) is 9.47 Å². The second-order valence-corrected chi connectivity index (χ2v) is 5.95. The molecule has 0 aliphatic heterocycles. The molecule has 0 bridgehead atoms. The Bertz CT molecular complexity index is 1050. The molecule has 0 aromatic heterocycles. The third-order valence-corrected chi connectivity index (χ3v) is 3.97. The van der Waals surface area contributed by atoms with Crippen LogP contribution in [-0.4, -0.2) is 25.6 Å². The molecule has 3 rings (SSSR count). The summed E-state index contributed by atoms with van der Waals surface area (Å²) in [5.74, 6) is -1.57. The molecule has 0 fully saturated rings. The number of rotatable bonds is 6. The van der Waals surface area contributed by atoms with Crippen LogP contribution in [0.25, 0.3) is 16.8 Å². The number of fused-ring (bicyclic) bond motifs is 1. The van der Waals surface area contributed by atoms with Gasteiger partial charge in [0.25, 0.3) is 5.91 Å². The highest BCUT2D eigenvalue weighted by atomic mass is 19.1. The number of carbonyl (C=O) groups excluding carboxylic acids is 2. The van der Waals surface area contributed by atoms with Crippen molar-refractivity contribution in [3.63, 3.8) is 0 Å². The second-order valence-electron chi connectivity index (χ2n) is 5.95. The number of ether oxygens (including phenoxy) is 2. The standard InChI is InChI=1S/C22H18FNO4/c1-27-20-10-6-15(12-19(20)23)7-11-22(26)28-14-21(25)24-18-9-8-16-4-2-3-5-17(16)13-18/h2-13H,14H2,1H3,(H,24,25)/b11-7+. The maximum atomic E-state index is 13.6. The van der Waals surface area contributed by atoms with Crippen LogP contribution >= 0.6 is 0 Å². The molecule has 3 aromatic rings. The quantitative estimate of drug-likeness (QED) is 0.515. The van der Waals surface area contributed by atoms with Gasteiger partial charge in [0.15, 0.2) is 18.2 Å². The predicted octanol–water partition coefficient (Wildman–Crippen LogP) is 4.18. The maximum absolute atomic E-state index is 13.6.